The van der Waals surface area contributed by atoms with Crippen molar-refractivity contribution in [2.45, 2.75) is 32.0 Å². The summed E-state index contributed by atoms with van der Waals surface area (Å²) in [6.45, 7) is 6.24. The lowest BCUT2D eigenvalue weighted by Crippen LogP contribution is -2.37. The van der Waals surface area contributed by atoms with Crippen LogP contribution >= 0.6 is 11.8 Å². The van der Waals surface area contributed by atoms with Gasteiger partial charge in [-0.05, 0) is 37.1 Å². The van der Waals surface area contributed by atoms with Gasteiger partial charge >= 0.3 is 0 Å². The zero-order valence-corrected chi connectivity index (χ0v) is 15.6. The number of nitrogens with zero attached hydrogens (tertiary/aromatic N) is 2. The van der Waals surface area contributed by atoms with E-state index in [2.05, 4.69) is 41.9 Å². The molecule has 0 spiro atoms. The summed E-state index contributed by atoms with van der Waals surface area (Å²) < 4.78 is 2.11. The quantitative estimate of drug-likeness (QED) is 0.673. The Balaban J connectivity index is 1.85. The Morgan fingerprint density at radius 2 is 1.76 bits per heavy atom. The third kappa shape index (κ3) is 4.04. The topological polar surface area (TPSA) is 46.9 Å². The van der Waals surface area contributed by atoms with Crippen LogP contribution in [0.4, 0.5) is 0 Å². The second-order valence-corrected chi connectivity index (χ2v) is 7.39. The van der Waals surface area contributed by atoms with Crippen molar-refractivity contribution >= 4 is 28.7 Å². The number of aromatic nitrogens is 2. The molecular formula is C20H23N3OS. The average molecular weight is 353 g/mol. The molecule has 0 unspecified atom stereocenters. The van der Waals surface area contributed by atoms with E-state index < -0.39 is 0 Å². The molecule has 25 heavy (non-hydrogen) atoms. The van der Waals surface area contributed by atoms with Gasteiger partial charge < -0.3 is 5.32 Å². The second kappa shape index (κ2) is 7.74. The van der Waals surface area contributed by atoms with Crippen molar-refractivity contribution < 1.29 is 4.79 Å². The normalized spacial score (nSPS) is 12.5. The van der Waals surface area contributed by atoms with Crippen LogP contribution in [0.15, 0.2) is 59.8 Å². The molecule has 1 N–H and O–H groups in total. The fourth-order valence-corrected chi connectivity index (χ4v) is 3.36. The molecule has 0 fully saturated rings. The number of thioether (sulfide) groups is 1. The maximum absolute atomic E-state index is 12.2. The number of hydrogen-bond acceptors (Lipinski definition) is 3. The molecule has 130 valence electrons. The van der Waals surface area contributed by atoms with Crippen LogP contribution in [0.5, 0.6) is 0 Å². The number of nitrogens with one attached hydrogen (secondary N) is 1. The van der Waals surface area contributed by atoms with Crippen molar-refractivity contribution in [3.05, 3.63) is 54.6 Å². The van der Waals surface area contributed by atoms with E-state index in [1.165, 1.54) is 11.8 Å². The van der Waals surface area contributed by atoms with Gasteiger partial charge in [-0.2, -0.15) is 0 Å². The van der Waals surface area contributed by atoms with Gasteiger partial charge in [0.05, 0.1) is 16.8 Å². The maximum Gasteiger partial charge on any atom is 0.230 e. The van der Waals surface area contributed by atoms with Crippen molar-refractivity contribution in [3.8, 4) is 5.69 Å². The van der Waals surface area contributed by atoms with E-state index >= 15 is 0 Å². The fraction of sp³-hybridized carbons (Fsp3) is 0.300. The summed E-state index contributed by atoms with van der Waals surface area (Å²) >= 11 is 1.47. The molecule has 0 saturated carbocycles. The van der Waals surface area contributed by atoms with E-state index in [1.54, 1.807) is 0 Å². The number of fused-ring (bicyclic) bond motifs is 1. The molecule has 0 aliphatic carbocycles. The number of rotatable bonds is 6. The van der Waals surface area contributed by atoms with Crippen LogP contribution in [0, 0.1) is 5.92 Å². The molecule has 2 aromatic carbocycles. The Morgan fingerprint density at radius 3 is 2.48 bits per heavy atom. The summed E-state index contributed by atoms with van der Waals surface area (Å²) in [5.41, 5.74) is 3.03. The van der Waals surface area contributed by atoms with Crippen LogP contribution in [0.25, 0.3) is 16.7 Å². The number of amides is 1. The lowest BCUT2D eigenvalue weighted by atomic mass is 10.1. The molecule has 0 saturated heterocycles. The zero-order chi connectivity index (χ0) is 17.8. The lowest BCUT2D eigenvalue weighted by Gasteiger charge is -2.17. The number of imidazole rings is 1. The van der Waals surface area contributed by atoms with Crippen molar-refractivity contribution in [2.75, 3.05) is 5.75 Å². The van der Waals surface area contributed by atoms with E-state index in [0.29, 0.717) is 11.7 Å². The molecule has 1 heterocycles. The van der Waals surface area contributed by atoms with E-state index in [1.807, 2.05) is 43.3 Å². The molecule has 1 amide bonds. The SMILES string of the molecule is CC(C)[C@@H](C)NC(=O)CSc1nc2ccccc2n1-c1ccccc1. The molecule has 3 rings (SSSR count). The highest BCUT2D eigenvalue weighted by Gasteiger charge is 2.15. The van der Waals surface area contributed by atoms with Crippen LogP contribution < -0.4 is 5.32 Å². The van der Waals surface area contributed by atoms with Crippen molar-refractivity contribution in [1.82, 2.24) is 14.9 Å². The van der Waals surface area contributed by atoms with Gasteiger partial charge in [-0.3, -0.25) is 9.36 Å². The Bertz CT molecular complexity index is 858. The minimum atomic E-state index is 0.0397. The predicted molar refractivity (Wildman–Crippen MR) is 104 cm³/mol. The molecule has 1 atom stereocenters. The van der Waals surface area contributed by atoms with Gasteiger partial charge in [0.25, 0.3) is 0 Å². The van der Waals surface area contributed by atoms with Gasteiger partial charge in [0.2, 0.25) is 5.91 Å². The van der Waals surface area contributed by atoms with Crippen LogP contribution in [-0.4, -0.2) is 27.3 Å². The Morgan fingerprint density at radius 1 is 1.08 bits per heavy atom. The summed E-state index contributed by atoms with van der Waals surface area (Å²) in [6, 6.07) is 18.3. The van der Waals surface area contributed by atoms with Gasteiger partial charge in [-0.1, -0.05) is 55.9 Å². The molecule has 0 bridgehead atoms. The highest BCUT2D eigenvalue weighted by atomic mass is 32.2. The van der Waals surface area contributed by atoms with Gasteiger partial charge in [0.1, 0.15) is 0 Å². The summed E-state index contributed by atoms with van der Waals surface area (Å²) in [7, 11) is 0. The van der Waals surface area contributed by atoms with E-state index in [0.717, 1.165) is 21.9 Å². The van der Waals surface area contributed by atoms with E-state index in [9.17, 15) is 4.79 Å². The highest BCUT2D eigenvalue weighted by molar-refractivity contribution is 7.99. The van der Waals surface area contributed by atoms with Gasteiger partial charge in [0, 0.05) is 11.7 Å². The van der Waals surface area contributed by atoms with Crippen LogP contribution in [0.1, 0.15) is 20.8 Å². The van der Waals surface area contributed by atoms with Crippen LogP contribution in [0.2, 0.25) is 0 Å². The third-order valence-electron chi connectivity index (χ3n) is 4.27. The minimum Gasteiger partial charge on any atom is -0.353 e. The standard InChI is InChI=1S/C20H23N3OS/c1-14(2)15(3)21-19(24)13-25-20-22-17-11-7-8-12-18(17)23(20)16-9-5-4-6-10-16/h4-12,14-15H,13H2,1-3H3,(H,21,24)/t15-/m1/s1. The number of carbonyl (C=O) groups excluding carboxylic acids is 1. The first-order valence-electron chi connectivity index (χ1n) is 8.51. The summed E-state index contributed by atoms with van der Waals surface area (Å²) in [6.07, 6.45) is 0. The van der Waals surface area contributed by atoms with Crippen LogP contribution in [0.3, 0.4) is 0 Å². The summed E-state index contributed by atoms with van der Waals surface area (Å²) in [5, 5.41) is 3.88. The Kier molecular flexibility index (Phi) is 5.43. The van der Waals surface area contributed by atoms with Gasteiger partial charge in [-0.25, -0.2) is 4.98 Å². The molecule has 0 aliphatic heterocycles. The molecule has 0 radical (unpaired) electrons. The van der Waals surface area contributed by atoms with Crippen LogP contribution in [-0.2, 0) is 4.79 Å². The van der Waals surface area contributed by atoms with Crippen molar-refractivity contribution in [3.63, 3.8) is 0 Å². The third-order valence-corrected chi connectivity index (χ3v) is 5.20. The number of carbonyl (C=O) groups is 1. The fourth-order valence-electron chi connectivity index (χ4n) is 2.52. The average Bonchev–Trinajstić information content (AvgIpc) is 2.99. The molecule has 1 aromatic heterocycles. The monoisotopic (exact) mass is 353 g/mol. The first-order valence-corrected chi connectivity index (χ1v) is 9.50. The Labute approximate surface area is 152 Å². The summed E-state index contributed by atoms with van der Waals surface area (Å²) in [5.74, 6) is 0.813. The number of para-hydroxylation sites is 3. The second-order valence-electron chi connectivity index (χ2n) is 6.44. The first kappa shape index (κ1) is 17.5. The predicted octanol–water partition coefficient (Wildman–Crippen LogP) is 4.28. The molecule has 4 nitrogen and oxygen atoms in total. The van der Waals surface area contributed by atoms with E-state index in [-0.39, 0.29) is 11.9 Å². The largest absolute Gasteiger partial charge is 0.353 e. The number of hydrogen-bond donors (Lipinski definition) is 1. The summed E-state index contributed by atoms with van der Waals surface area (Å²) in [4.78, 5) is 16.9. The molecular weight excluding hydrogens is 330 g/mol. The van der Waals surface area contributed by atoms with Crippen molar-refractivity contribution in [1.29, 1.82) is 0 Å². The smallest absolute Gasteiger partial charge is 0.230 e. The van der Waals surface area contributed by atoms with E-state index in [4.69, 9.17) is 4.98 Å². The van der Waals surface area contributed by atoms with Gasteiger partial charge in [0.15, 0.2) is 5.16 Å². The van der Waals surface area contributed by atoms with Crippen molar-refractivity contribution in [2.24, 2.45) is 5.92 Å². The maximum atomic E-state index is 12.2. The minimum absolute atomic E-state index is 0.0397. The lowest BCUT2D eigenvalue weighted by molar-refractivity contribution is -0.119. The first-order chi connectivity index (χ1) is 12.1. The van der Waals surface area contributed by atoms with Gasteiger partial charge in [-0.15, -0.1) is 0 Å². The molecule has 3 aromatic rings. The highest BCUT2D eigenvalue weighted by Crippen LogP contribution is 2.27. The molecule has 0 aliphatic rings. The Hall–Kier alpha value is -2.27. The molecule has 5 heteroatoms. The zero-order valence-electron chi connectivity index (χ0n) is 14.8. The number of benzene rings is 2.